The molecule has 2 aromatic rings. The molecule has 22 heavy (non-hydrogen) atoms. The minimum absolute atomic E-state index is 0.144. The number of likely N-dealkylation sites (N-methyl/N-ethyl adjacent to an activating group) is 1. The lowest BCUT2D eigenvalue weighted by Crippen LogP contribution is -2.34. The maximum atomic E-state index is 11.8. The number of esters is 1. The number of hydrogen-bond donors (Lipinski definition) is 1. The average Bonchev–Trinajstić information content (AvgIpc) is 2.55. The third kappa shape index (κ3) is 4.43. The molecule has 0 saturated heterocycles. The fourth-order valence-electron chi connectivity index (χ4n) is 2.30. The van der Waals surface area contributed by atoms with Crippen molar-refractivity contribution in [3.05, 3.63) is 60.2 Å². The first kappa shape index (κ1) is 16.2. The molecule has 116 valence electrons. The van der Waals surface area contributed by atoms with Crippen LogP contribution in [0.5, 0.6) is 0 Å². The van der Waals surface area contributed by atoms with Crippen molar-refractivity contribution >= 4 is 5.97 Å². The molecule has 0 heterocycles. The molecular formula is C19H23NO2. The Morgan fingerprint density at radius 2 is 1.73 bits per heavy atom. The number of carbonyl (C=O) groups excluding carboxylic acids is 1. The fourth-order valence-corrected chi connectivity index (χ4v) is 2.30. The number of nitrogens with one attached hydrogen (secondary N) is 1. The summed E-state index contributed by atoms with van der Waals surface area (Å²) >= 11 is 0. The van der Waals surface area contributed by atoms with Crippen LogP contribution in [-0.2, 0) is 16.0 Å². The highest BCUT2D eigenvalue weighted by molar-refractivity contribution is 5.75. The molecule has 0 spiro atoms. The van der Waals surface area contributed by atoms with Crippen LogP contribution < -0.4 is 5.32 Å². The van der Waals surface area contributed by atoms with Gasteiger partial charge in [-0.25, -0.2) is 0 Å². The normalized spacial score (nSPS) is 13.4. The van der Waals surface area contributed by atoms with Gasteiger partial charge in [0.05, 0.1) is 0 Å². The zero-order valence-electron chi connectivity index (χ0n) is 13.4. The molecular weight excluding hydrogens is 274 g/mol. The van der Waals surface area contributed by atoms with Crippen molar-refractivity contribution < 1.29 is 9.53 Å². The van der Waals surface area contributed by atoms with E-state index in [0.29, 0.717) is 6.42 Å². The van der Waals surface area contributed by atoms with Crippen LogP contribution in [0.1, 0.15) is 19.4 Å². The molecule has 1 N–H and O–H groups in total. The van der Waals surface area contributed by atoms with Crippen LogP contribution in [0.2, 0.25) is 0 Å². The summed E-state index contributed by atoms with van der Waals surface area (Å²) in [6, 6.07) is 18.3. The third-order valence-electron chi connectivity index (χ3n) is 3.66. The van der Waals surface area contributed by atoms with Crippen molar-refractivity contribution in [3.8, 4) is 11.1 Å². The van der Waals surface area contributed by atoms with Crippen molar-refractivity contribution in [1.29, 1.82) is 0 Å². The van der Waals surface area contributed by atoms with Crippen molar-refractivity contribution in [2.45, 2.75) is 32.4 Å². The minimum Gasteiger partial charge on any atom is -0.461 e. The molecule has 0 bridgehead atoms. The fraction of sp³-hybridized carbons (Fsp3) is 0.316. The van der Waals surface area contributed by atoms with E-state index in [-0.39, 0.29) is 18.1 Å². The zero-order valence-corrected chi connectivity index (χ0v) is 13.4. The molecule has 0 radical (unpaired) electrons. The number of rotatable bonds is 6. The van der Waals surface area contributed by atoms with Crippen LogP contribution in [0.4, 0.5) is 0 Å². The lowest BCUT2D eigenvalue weighted by atomic mass is 10.0. The average molecular weight is 297 g/mol. The van der Waals surface area contributed by atoms with Gasteiger partial charge < -0.3 is 10.1 Å². The molecule has 3 nitrogen and oxygen atoms in total. The summed E-state index contributed by atoms with van der Waals surface area (Å²) in [5, 5.41) is 2.89. The standard InChI is InChI=1S/C19H23NO2/c1-14(22-19(21)15(2)20-3)12-16-8-7-11-18(13-16)17-9-5-4-6-10-17/h4-11,13-15,20H,12H2,1-3H3/t14?,15-/m0/s1. The first-order valence-electron chi connectivity index (χ1n) is 7.62. The summed E-state index contributed by atoms with van der Waals surface area (Å²) in [6.45, 7) is 3.72. The summed E-state index contributed by atoms with van der Waals surface area (Å²) in [6.07, 6.45) is 0.567. The molecule has 0 aromatic heterocycles. The topological polar surface area (TPSA) is 38.3 Å². The quantitative estimate of drug-likeness (QED) is 0.830. The van der Waals surface area contributed by atoms with Gasteiger partial charge in [-0.05, 0) is 37.6 Å². The van der Waals surface area contributed by atoms with E-state index in [9.17, 15) is 4.79 Å². The van der Waals surface area contributed by atoms with Crippen molar-refractivity contribution in [2.75, 3.05) is 7.05 Å². The van der Waals surface area contributed by atoms with E-state index in [1.54, 1.807) is 14.0 Å². The molecule has 0 amide bonds. The van der Waals surface area contributed by atoms with Gasteiger partial charge in [0.15, 0.2) is 0 Å². The van der Waals surface area contributed by atoms with Crippen LogP contribution in [0.25, 0.3) is 11.1 Å². The Labute approximate surface area is 132 Å². The summed E-state index contributed by atoms with van der Waals surface area (Å²) in [5.41, 5.74) is 3.54. The van der Waals surface area contributed by atoms with Gasteiger partial charge in [-0.1, -0.05) is 54.6 Å². The minimum atomic E-state index is -0.280. The molecule has 1 unspecified atom stereocenters. The van der Waals surface area contributed by atoms with E-state index in [4.69, 9.17) is 4.74 Å². The largest absolute Gasteiger partial charge is 0.461 e. The molecule has 0 aliphatic carbocycles. The monoisotopic (exact) mass is 297 g/mol. The second-order valence-corrected chi connectivity index (χ2v) is 5.53. The van der Waals surface area contributed by atoms with Crippen LogP contribution in [0.15, 0.2) is 54.6 Å². The van der Waals surface area contributed by atoms with Gasteiger partial charge in [0.2, 0.25) is 0 Å². The summed E-state index contributed by atoms with van der Waals surface area (Å²) < 4.78 is 5.45. The highest BCUT2D eigenvalue weighted by Gasteiger charge is 2.15. The summed E-state index contributed by atoms with van der Waals surface area (Å²) in [5.74, 6) is -0.214. The highest BCUT2D eigenvalue weighted by Crippen LogP contribution is 2.21. The van der Waals surface area contributed by atoms with Crippen molar-refractivity contribution in [2.24, 2.45) is 0 Å². The maximum absolute atomic E-state index is 11.8. The van der Waals surface area contributed by atoms with Crippen LogP contribution in [0.3, 0.4) is 0 Å². The van der Waals surface area contributed by atoms with Gasteiger partial charge in [0.25, 0.3) is 0 Å². The van der Waals surface area contributed by atoms with E-state index in [1.165, 1.54) is 16.7 Å². The summed E-state index contributed by atoms with van der Waals surface area (Å²) in [4.78, 5) is 11.8. The smallest absolute Gasteiger partial charge is 0.323 e. The van der Waals surface area contributed by atoms with Gasteiger partial charge in [0, 0.05) is 6.42 Å². The van der Waals surface area contributed by atoms with Crippen molar-refractivity contribution in [1.82, 2.24) is 5.32 Å². The number of carbonyl (C=O) groups is 1. The molecule has 0 aliphatic heterocycles. The molecule has 3 heteroatoms. The first-order chi connectivity index (χ1) is 10.6. The first-order valence-corrected chi connectivity index (χ1v) is 7.62. The van der Waals surface area contributed by atoms with Crippen LogP contribution in [-0.4, -0.2) is 25.2 Å². The maximum Gasteiger partial charge on any atom is 0.323 e. The van der Waals surface area contributed by atoms with Crippen LogP contribution in [0, 0.1) is 0 Å². The van der Waals surface area contributed by atoms with E-state index in [1.807, 2.05) is 31.2 Å². The Kier molecular flexibility index (Phi) is 5.73. The molecule has 0 fully saturated rings. The van der Waals surface area contributed by atoms with E-state index in [0.717, 1.165) is 0 Å². The van der Waals surface area contributed by atoms with E-state index >= 15 is 0 Å². The number of ether oxygens (including phenoxy) is 1. The highest BCUT2D eigenvalue weighted by atomic mass is 16.5. The Morgan fingerprint density at radius 3 is 2.41 bits per heavy atom. The molecule has 2 atom stereocenters. The Morgan fingerprint density at radius 1 is 1.05 bits per heavy atom. The van der Waals surface area contributed by atoms with Gasteiger partial charge in [0.1, 0.15) is 12.1 Å². The lowest BCUT2D eigenvalue weighted by molar-refractivity contribution is -0.150. The third-order valence-corrected chi connectivity index (χ3v) is 3.66. The molecule has 0 saturated carbocycles. The second kappa shape index (κ2) is 7.76. The Hall–Kier alpha value is -2.13. The van der Waals surface area contributed by atoms with E-state index in [2.05, 4.69) is 35.6 Å². The predicted molar refractivity (Wildman–Crippen MR) is 89.7 cm³/mol. The predicted octanol–water partition coefficient (Wildman–Crippen LogP) is 3.44. The van der Waals surface area contributed by atoms with Crippen molar-refractivity contribution in [3.63, 3.8) is 0 Å². The summed E-state index contributed by atoms with van der Waals surface area (Å²) in [7, 11) is 1.75. The lowest BCUT2D eigenvalue weighted by Gasteiger charge is -2.17. The van der Waals surface area contributed by atoms with Crippen LogP contribution >= 0.6 is 0 Å². The van der Waals surface area contributed by atoms with Gasteiger partial charge in [-0.3, -0.25) is 4.79 Å². The molecule has 2 aromatic carbocycles. The molecule has 0 aliphatic rings. The van der Waals surface area contributed by atoms with E-state index < -0.39 is 0 Å². The Balaban J connectivity index is 2.03. The van der Waals surface area contributed by atoms with Gasteiger partial charge in [-0.2, -0.15) is 0 Å². The SMILES string of the molecule is CN[C@@H](C)C(=O)OC(C)Cc1cccc(-c2ccccc2)c1. The Bertz CT molecular complexity index is 610. The second-order valence-electron chi connectivity index (χ2n) is 5.53. The number of hydrogen-bond acceptors (Lipinski definition) is 3. The van der Waals surface area contributed by atoms with Gasteiger partial charge in [-0.15, -0.1) is 0 Å². The van der Waals surface area contributed by atoms with Gasteiger partial charge >= 0.3 is 5.97 Å². The molecule has 2 rings (SSSR count). The number of benzene rings is 2. The zero-order chi connectivity index (χ0) is 15.9.